The van der Waals surface area contributed by atoms with E-state index in [0.717, 1.165) is 6.92 Å². The van der Waals surface area contributed by atoms with Crippen molar-refractivity contribution in [1.29, 1.82) is 0 Å². The number of nitrogens with one attached hydrogen (secondary N) is 1. The molecule has 6 heterocycles. The maximum atomic E-state index is 16.6. The Morgan fingerprint density at radius 2 is 1.91 bits per heavy atom. The summed E-state index contributed by atoms with van der Waals surface area (Å²) in [5.41, 5.74) is 0.975. The molecule has 4 atom stereocenters. The van der Waals surface area contributed by atoms with E-state index in [2.05, 4.69) is 20.3 Å². The van der Waals surface area contributed by atoms with Gasteiger partial charge < -0.3 is 25.4 Å². The van der Waals surface area contributed by atoms with Gasteiger partial charge in [-0.15, -0.1) is 0 Å². The summed E-state index contributed by atoms with van der Waals surface area (Å²) in [6.07, 6.45) is -4.91. The minimum atomic E-state index is -5.08. The third-order valence-corrected chi connectivity index (χ3v) is 9.62. The number of nitrogens with two attached hydrogens (primary N) is 1. The second kappa shape index (κ2) is 11.0. The van der Waals surface area contributed by atoms with E-state index in [1.165, 1.54) is 0 Å². The van der Waals surface area contributed by atoms with Crippen LogP contribution in [0, 0.1) is 18.6 Å². The summed E-state index contributed by atoms with van der Waals surface area (Å²) in [4.78, 5) is 17.1. The first-order chi connectivity index (χ1) is 21.7. The Hall–Kier alpha value is -3.66. The number of ether oxygens (including phenoxy) is 2. The monoisotopic (exact) mass is 655 g/mol. The normalized spacial score (nSPS) is 26.0. The van der Waals surface area contributed by atoms with Crippen LogP contribution in [0.4, 0.5) is 42.2 Å². The van der Waals surface area contributed by atoms with Crippen LogP contribution in [0.25, 0.3) is 22.2 Å². The van der Waals surface area contributed by atoms with Gasteiger partial charge in [-0.25, -0.2) is 22.5 Å². The molecule has 0 amide bonds. The molecule has 3 fully saturated rings. The lowest BCUT2D eigenvalue weighted by molar-refractivity contribution is -0.137. The molecule has 1 aromatic carbocycles. The number of benzene rings is 1. The van der Waals surface area contributed by atoms with Crippen molar-refractivity contribution in [2.24, 2.45) is 0 Å². The summed E-state index contributed by atoms with van der Waals surface area (Å²) in [5.74, 6) is -5.13. The molecule has 4 aliphatic heterocycles. The van der Waals surface area contributed by atoms with E-state index in [1.807, 2.05) is 9.80 Å². The van der Waals surface area contributed by atoms with E-state index in [9.17, 15) is 26.3 Å². The van der Waals surface area contributed by atoms with Gasteiger partial charge in [0.05, 0.1) is 17.3 Å². The first kappa shape index (κ1) is 31.0. The van der Waals surface area contributed by atoms with Gasteiger partial charge in [-0.2, -0.15) is 23.1 Å². The van der Waals surface area contributed by atoms with Gasteiger partial charge in [0, 0.05) is 56.7 Å². The molecule has 0 saturated carbocycles. The SMILES string of the molecule is Cc1c(F)c(N)cc(-c2nc3c4c(nc(OC[C@@H]5CC[C@H]6CC(F)(F)CCN56)nc4c2F)N2CCNC[C@H]2[C@H](C)O3)c1C(F)(F)F. The van der Waals surface area contributed by atoms with Crippen molar-refractivity contribution >= 4 is 22.4 Å². The number of rotatable bonds is 4. The molecular weight excluding hydrogens is 623 g/mol. The number of halogens is 7. The van der Waals surface area contributed by atoms with Crippen molar-refractivity contribution in [2.75, 3.05) is 43.4 Å². The van der Waals surface area contributed by atoms with Crippen LogP contribution in [0.3, 0.4) is 0 Å². The zero-order valence-electron chi connectivity index (χ0n) is 25.0. The number of hydrogen-bond acceptors (Lipinski definition) is 9. The molecule has 9 nitrogen and oxygen atoms in total. The largest absolute Gasteiger partial charge is 0.472 e. The van der Waals surface area contributed by atoms with Crippen LogP contribution in [-0.4, -0.2) is 82.8 Å². The number of alkyl halides is 5. The number of hydrogen-bond donors (Lipinski definition) is 2. The number of pyridine rings is 1. The number of aromatic nitrogens is 3. The van der Waals surface area contributed by atoms with Gasteiger partial charge in [-0.1, -0.05) is 0 Å². The molecule has 0 spiro atoms. The number of fused-ring (bicyclic) bond motifs is 3. The Balaban J connectivity index is 1.36. The molecule has 7 rings (SSSR count). The summed E-state index contributed by atoms with van der Waals surface area (Å²) in [6, 6.07) is -0.292. The molecule has 3 aromatic rings. The Labute approximate surface area is 259 Å². The molecule has 2 aromatic heterocycles. The molecule has 0 unspecified atom stereocenters. The van der Waals surface area contributed by atoms with Crippen molar-refractivity contribution in [3.63, 3.8) is 0 Å². The molecule has 46 heavy (non-hydrogen) atoms. The number of nitrogens with zero attached hydrogens (tertiary/aromatic N) is 5. The van der Waals surface area contributed by atoms with Crippen LogP contribution in [0.5, 0.6) is 11.9 Å². The van der Waals surface area contributed by atoms with Crippen LogP contribution in [0.2, 0.25) is 0 Å². The standard InChI is InChI=1S/C30H32F7N7O2/c1-13-21(30(35,36)37)17(9-18(38)22(13)31)24-23(32)25-20-26(44-8-6-39-11-19(44)14(2)46-27(20)40-24)42-28(41-25)45-12-16-4-3-15-10-29(33,34)5-7-43(15)16/h9,14-16,19,39H,3-8,10-12,38H2,1-2H3/t14-,15-,16-,19-/m0/s1. The smallest absolute Gasteiger partial charge is 0.417 e. The lowest BCUT2D eigenvalue weighted by Gasteiger charge is -2.38. The highest BCUT2D eigenvalue weighted by molar-refractivity contribution is 5.97. The van der Waals surface area contributed by atoms with Gasteiger partial charge in [-0.05, 0) is 38.3 Å². The fraction of sp³-hybridized carbons (Fsp3) is 0.567. The second-order valence-corrected chi connectivity index (χ2v) is 12.5. The maximum absolute atomic E-state index is 16.6. The van der Waals surface area contributed by atoms with E-state index >= 15 is 4.39 Å². The van der Waals surface area contributed by atoms with Gasteiger partial charge in [0.15, 0.2) is 5.82 Å². The quantitative estimate of drug-likeness (QED) is 0.295. The Morgan fingerprint density at radius 1 is 1.13 bits per heavy atom. The maximum Gasteiger partial charge on any atom is 0.417 e. The van der Waals surface area contributed by atoms with E-state index in [-0.39, 0.29) is 72.7 Å². The number of piperidine rings is 1. The second-order valence-electron chi connectivity index (χ2n) is 12.5. The minimum absolute atomic E-state index is 0.0449. The molecule has 0 radical (unpaired) electrons. The average molecular weight is 656 g/mol. The first-order valence-corrected chi connectivity index (χ1v) is 15.2. The Morgan fingerprint density at radius 3 is 2.67 bits per heavy atom. The van der Waals surface area contributed by atoms with Gasteiger partial charge in [0.2, 0.25) is 5.88 Å². The molecule has 3 saturated heterocycles. The third kappa shape index (κ3) is 5.13. The lowest BCUT2D eigenvalue weighted by atomic mass is 9.96. The highest BCUT2D eigenvalue weighted by Gasteiger charge is 2.46. The fourth-order valence-corrected chi connectivity index (χ4v) is 7.36. The molecule has 0 bridgehead atoms. The van der Waals surface area contributed by atoms with Crippen LogP contribution in [-0.2, 0) is 6.18 Å². The van der Waals surface area contributed by atoms with Crippen molar-refractivity contribution < 1.29 is 40.2 Å². The fourth-order valence-electron chi connectivity index (χ4n) is 7.36. The number of anilines is 2. The predicted molar refractivity (Wildman–Crippen MR) is 154 cm³/mol. The van der Waals surface area contributed by atoms with E-state index in [1.54, 1.807) is 6.92 Å². The van der Waals surface area contributed by atoms with E-state index < -0.39 is 57.9 Å². The van der Waals surface area contributed by atoms with E-state index in [0.29, 0.717) is 38.5 Å². The zero-order chi connectivity index (χ0) is 32.7. The van der Waals surface area contributed by atoms with Crippen molar-refractivity contribution in [2.45, 2.75) is 75.9 Å². The molecule has 3 N–H and O–H groups in total. The van der Waals surface area contributed by atoms with Gasteiger partial charge in [0.25, 0.3) is 5.92 Å². The van der Waals surface area contributed by atoms with Crippen molar-refractivity contribution in [1.82, 2.24) is 25.2 Å². The zero-order valence-corrected chi connectivity index (χ0v) is 25.0. The van der Waals surface area contributed by atoms with E-state index in [4.69, 9.17) is 15.2 Å². The summed E-state index contributed by atoms with van der Waals surface area (Å²) in [5, 5.41) is 3.34. The van der Waals surface area contributed by atoms with Crippen LogP contribution < -0.4 is 25.4 Å². The minimum Gasteiger partial charge on any atom is -0.472 e. The van der Waals surface area contributed by atoms with Gasteiger partial charge in [-0.3, -0.25) is 4.90 Å². The van der Waals surface area contributed by atoms with Crippen LogP contribution in [0.15, 0.2) is 6.07 Å². The van der Waals surface area contributed by atoms with Crippen molar-refractivity contribution in [3.05, 3.63) is 28.8 Å². The number of nitrogen functional groups attached to an aromatic ring is 1. The summed E-state index contributed by atoms with van der Waals surface area (Å²) >= 11 is 0. The molecule has 16 heteroatoms. The molecule has 4 aliphatic rings. The highest BCUT2D eigenvalue weighted by Crippen LogP contribution is 2.46. The lowest BCUT2D eigenvalue weighted by Crippen LogP contribution is -2.56. The Bertz CT molecular complexity index is 1710. The average Bonchev–Trinajstić information content (AvgIpc) is 3.34. The molecule has 248 valence electrons. The summed E-state index contributed by atoms with van der Waals surface area (Å²) < 4.78 is 114. The first-order valence-electron chi connectivity index (χ1n) is 15.2. The molecule has 0 aliphatic carbocycles. The summed E-state index contributed by atoms with van der Waals surface area (Å²) in [6.45, 7) is 4.42. The van der Waals surface area contributed by atoms with Gasteiger partial charge >= 0.3 is 12.2 Å². The van der Waals surface area contributed by atoms with Gasteiger partial charge in [0.1, 0.15) is 40.9 Å². The van der Waals surface area contributed by atoms with Crippen molar-refractivity contribution in [3.8, 4) is 23.1 Å². The summed E-state index contributed by atoms with van der Waals surface area (Å²) in [7, 11) is 0. The predicted octanol–water partition coefficient (Wildman–Crippen LogP) is 5.08. The third-order valence-electron chi connectivity index (χ3n) is 9.62. The molecular formula is C30H32F7N7O2. The topological polar surface area (TPSA) is 102 Å². The van der Waals surface area contributed by atoms with Crippen LogP contribution >= 0.6 is 0 Å². The highest BCUT2D eigenvalue weighted by atomic mass is 19.4. The van der Waals surface area contributed by atoms with Crippen LogP contribution in [0.1, 0.15) is 43.7 Å². The Kier molecular flexibility index (Phi) is 7.38. The number of piperazine rings is 1.